The maximum absolute atomic E-state index is 11.4. The summed E-state index contributed by atoms with van der Waals surface area (Å²) in [6, 6.07) is 0. The molecule has 1 aromatic heterocycles. The number of nitrogen functional groups attached to an aromatic ring is 1. The van der Waals surface area contributed by atoms with Crippen molar-refractivity contribution in [1.29, 1.82) is 0 Å². The van der Waals surface area contributed by atoms with Crippen molar-refractivity contribution in [1.82, 2.24) is 9.97 Å². The zero-order chi connectivity index (χ0) is 13.9. The molecule has 2 heterocycles. The van der Waals surface area contributed by atoms with Gasteiger partial charge in [-0.1, -0.05) is 0 Å². The minimum atomic E-state index is -2.86. The van der Waals surface area contributed by atoms with E-state index in [4.69, 9.17) is 10.6 Å². The van der Waals surface area contributed by atoms with Crippen LogP contribution < -0.4 is 21.3 Å². The van der Waals surface area contributed by atoms with E-state index < -0.39 is 9.84 Å². The number of nitrogens with zero attached hydrogens (tertiary/aromatic N) is 2. The lowest BCUT2D eigenvalue weighted by Gasteiger charge is -2.14. The van der Waals surface area contributed by atoms with Gasteiger partial charge in [-0.15, -0.1) is 0 Å². The van der Waals surface area contributed by atoms with Crippen molar-refractivity contribution in [3.63, 3.8) is 0 Å². The molecular weight excluding hydrogens is 270 g/mol. The Morgan fingerprint density at radius 1 is 1.47 bits per heavy atom. The van der Waals surface area contributed by atoms with E-state index in [0.29, 0.717) is 30.4 Å². The molecule has 1 fully saturated rings. The summed E-state index contributed by atoms with van der Waals surface area (Å²) < 4.78 is 27.9. The highest BCUT2D eigenvalue weighted by molar-refractivity contribution is 7.91. The summed E-state index contributed by atoms with van der Waals surface area (Å²) in [4.78, 5) is 7.99. The van der Waals surface area contributed by atoms with E-state index in [0.717, 1.165) is 0 Å². The summed E-state index contributed by atoms with van der Waals surface area (Å²) in [7, 11) is -1.37. The molecule has 0 radical (unpaired) electrons. The van der Waals surface area contributed by atoms with Crippen LogP contribution in [0, 0.1) is 5.92 Å². The molecule has 4 N–H and O–H groups in total. The molecule has 0 saturated carbocycles. The average Bonchev–Trinajstić information content (AvgIpc) is 2.75. The van der Waals surface area contributed by atoms with Crippen LogP contribution in [-0.4, -0.2) is 43.5 Å². The quantitative estimate of drug-likeness (QED) is 0.495. The monoisotopic (exact) mass is 287 g/mol. The first-order valence-corrected chi connectivity index (χ1v) is 7.68. The van der Waals surface area contributed by atoms with Gasteiger partial charge in [0.25, 0.3) is 0 Å². The predicted molar refractivity (Wildman–Crippen MR) is 71.6 cm³/mol. The molecule has 1 aromatic rings. The van der Waals surface area contributed by atoms with Crippen LogP contribution in [0.15, 0.2) is 6.33 Å². The molecule has 106 valence electrons. The van der Waals surface area contributed by atoms with Crippen LogP contribution in [0.25, 0.3) is 0 Å². The summed E-state index contributed by atoms with van der Waals surface area (Å²) in [6.45, 7) is 0.524. The SMILES string of the molecule is COc1c(NN)ncnc1NCC1CCS(=O)(=O)C1. The topological polar surface area (TPSA) is 119 Å². The number of aromatic nitrogens is 2. The standard InChI is InChI=1S/C10H17N5O3S/c1-18-8-9(13-6-14-10(8)15-11)12-4-7-2-3-19(16,17)5-7/h6-7H,2-5,11H2,1H3,(H2,12,13,14,15). The van der Waals surface area contributed by atoms with Gasteiger partial charge in [0.05, 0.1) is 18.6 Å². The zero-order valence-electron chi connectivity index (χ0n) is 10.6. The van der Waals surface area contributed by atoms with Crippen LogP contribution >= 0.6 is 0 Å². The lowest BCUT2D eigenvalue weighted by Crippen LogP contribution is -2.18. The number of hydrogen-bond donors (Lipinski definition) is 3. The molecular formula is C10H17N5O3S. The Bertz CT molecular complexity index is 548. The van der Waals surface area contributed by atoms with E-state index in [1.54, 1.807) is 0 Å². The Morgan fingerprint density at radius 3 is 2.79 bits per heavy atom. The van der Waals surface area contributed by atoms with Crippen LogP contribution in [0.5, 0.6) is 5.75 Å². The fourth-order valence-corrected chi connectivity index (χ4v) is 3.93. The first-order chi connectivity index (χ1) is 9.05. The third-order valence-electron chi connectivity index (χ3n) is 3.03. The fraction of sp³-hybridized carbons (Fsp3) is 0.600. The minimum Gasteiger partial charge on any atom is -0.490 e. The van der Waals surface area contributed by atoms with Crippen molar-refractivity contribution >= 4 is 21.5 Å². The van der Waals surface area contributed by atoms with Gasteiger partial charge in [-0.2, -0.15) is 0 Å². The summed E-state index contributed by atoms with van der Waals surface area (Å²) in [6.07, 6.45) is 2.02. The van der Waals surface area contributed by atoms with Gasteiger partial charge in [-0.3, -0.25) is 0 Å². The van der Waals surface area contributed by atoms with Gasteiger partial charge in [0, 0.05) is 6.54 Å². The first kappa shape index (κ1) is 13.8. The van der Waals surface area contributed by atoms with E-state index in [1.807, 2.05) is 0 Å². The fourth-order valence-electron chi connectivity index (χ4n) is 2.07. The van der Waals surface area contributed by atoms with Crippen LogP contribution in [0.2, 0.25) is 0 Å². The molecule has 1 aliphatic rings. The second kappa shape index (κ2) is 5.57. The number of hydrogen-bond acceptors (Lipinski definition) is 8. The van der Waals surface area contributed by atoms with Crippen molar-refractivity contribution in [3.8, 4) is 5.75 Å². The van der Waals surface area contributed by atoms with Crippen LogP contribution in [-0.2, 0) is 9.84 Å². The van der Waals surface area contributed by atoms with Gasteiger partial charge >= 0.3 is 0 Å². The maximum atomic E-state index is 11.4. The summed E-state index contributed by atoms with van der Waals surface area (Å²) in [5, 5.41) is 3.08. The van der Waals surface area contributed by atoms with Crippen LogP contribution in [0.3, 0.4) is 0 Å². The van der Waals surface area contributed by atoms with Crippen LogP contribution in [0.1, 0.15) is 6.42 Å². The molecule has 9 heteroatoms. The largest absolute Gasteiger partial charge is 0.490 e. The maximum Gasteiger partial charge on any atom is 0.205 e. The number of nitrogens with two attached hydrogens (primary N) is 1. The molecule has 19 heavy (non-hydrogen) atoms. The molecule has 0 bridgehead atoms. The van der Waals surface area contributed by atoms with Gasteiger partial charge in [0.2, 0.25) is 5.75 Å². The summed E-state index contributed by atoms with van der Waals surface area (Å²) >= 11 is 0. The van der Waals surface area contributed by atoms with Crippen molar-refractivity contribution in [3.05, 3.63) is 6.33 Å². The van der Waals surface area contributed by atoms with Gasteiger partial charge < -0.3 is 15.5 Å². The Kier molecular flexibility index (Phi) is 4.05. The molecule has 1 saturated heterocycles. The lowest BCUT2D eigenvalue weighted by molar-refractivity contribution is 0.414. The molecule has 8 nitrogen and oxygen atoms in total. The normalized spacial score (nSPS) is 21.1. The Hall–Kier alpha value is -1.61. The highest BCUT2D eigenvalue weighted by Crippen LogP contribution is 2.28. The van der Waals surface area contributed by atoms with Crippen LogP contribution in [0.4, 0.5) is 11.6 Å². The third kappa shape index (κ3) is 3.24. The highest BCUT2D eigenvalue weighted by atomic mass is 32.2. The number of sulfone groups is 1. The van der Waals surface area contributed by atoms with Crippen molar-refractivity contribution in [2.24, 2.45) is 11.8 Å². The predicted octanol–water partition coefficient (Wildman–Crippen LogP) is -0.383. The van der Waals surface area contributed by atoms with E-state index in [1.165, 1.54) is 13.4 Å². The minimum absolute atomic E-state index is 0.0963. The first-order valence-electron chi connectivity index (χ1n) is 5.85. The number of nitrogens with one attached hydrogen (secondary N) is 2. The van der Waals surface area contributed by atoms with E-state index in [9.17, 15) is 8.42 Å². The summed E-state index contributed by atoms with van der Waals surface area (Å²) in [5.74, 6) is 7.17. The second-order valence-corrected chi connectivity index (χ2v) is 6.63. The molecule has 1 unspecified atom stereocenters. The van der Waals surface area contributed by atoms with Gasteiger partial charge in [0.1, 0.15) is 6.33 Å². The molecule has 0 aliphatic carbocycles. The lowest BCUT2D eigenvalue weighted by atomic mass is 10.1. The smallest absolute Gasteiger partial charge is 0.205 e. The second-order valence-electron chi connectivity index (χ2n) is 4.40. The molecule has 1 atom stereocenters. The number of ether oxygens (including phenoxy) is 1. The molecule has 1 aliphatic heterocycles. The molecule has 0 spiro atoms. The Morgan fingerprint density at radius 2 is 2.21 bits per heavy atom. The van der Waals surface area contributed by atoms with Crippen molar-refractivity contribution < 1.29 is 13.2 Å². The summed E-state index contributed by atoms with van der Waals surface area (Å²) in [5.41, 5.74) is 2.42. The molecule has 2 rings (SSSR count). The van der Waals surface area contributed by atoms with Crippen molar-refractivity contribution in [2.45, 2.75) is 6.42 Å². The zero-order valence-corrected chi connectivity index (χ0v) is 11.4. The van der Waals surface area contributed by atoms with Gasteiger partial charge in [0.15, 0.2) is 21.5 Å². The van der Waals surface area contributed by atoms with E-state index in [-0.39, 0.29) is 17.4 Å². The number of methoxy groups -OCH3 is 1. The third-order valence-corrected chi connectivity index (χ3v) is 4.87. The number of hydrazine groups is 1. The van der Waals surface area contributed by atoms with E-state index >= 15 is 0 Å². The average molecular weight is 287 g/mol. The van der Waals surface area contributed by atoms with Crippen molar-refractivity contribution in [2.75, 3.05) is 35.9 Å². The van der Waals surface area contributed by atoms with Gasteiger partial charge in [-0.25, -0.2) is 24.2 Å². The number of anilines is 2. The van der Waals surface area contributed by atoms with Gasteiger partial charge in [-0.05, 0) is 12.3 Å². The highest BCUT2D eigenvalue weighted by Gasteiger charge is 2.27. The number of rotatable bonds is 5. The molecule has 0 amide bonds. The Labute approximate surface area is 111 Å². The van der Waals surface area contributed by atoms with E-state index in [2.05, 4.69) is 20.7 Å². The molecule has 0 aromatic carbocycles. The Balaban J connectivity index is 2.04.